The molecule has 2 N–H and O–H groups in total. The smallest absolute Gasteiger partial charge is 0.261 e. The second-order valence-electron chi connectivity index (χ2n) is 8.05. The summed E-state index contributed by atoms with van der Waals surface area (Å²) in [6.45, 7) is 2.73. The van der Waals surface area contributed by atoms with E-state index in [9.17, 15) is 9.59 Å². The fourth-order valence-corrected chi connectivity index (χ4v) is 4.50. The van der Waals surface area contributed by atoms with Crippen LogP contribution in [0.2, 0.25) is 0 Å². The van der Waals surface area contributed by atoms with Crippen LogP contribution in [0.15, 0.2) is 46.0 Å². The van der Waals surface area contributed by atoms with E-state index in [-0.39, 0.29) is 17.0 Å². The number of pyridine rings is 1. The molecule has 0 aliphatic carbocycles. The van der Waals surface area contributed by atoms with Crippen LogP contribution in [0, 0.1) is 0 Å². The van der Waals surface area contributed by atoms with Gasteiger partial charge >= 0.3 is 0 Å². The molecule has 162 valence electrons. The zero-order valence-electron chi connectivity index (χ0n) is 17.9. The maximum absolute atomic E-state index is 12.6. The summed E-state index contributed by atoms with van der Waals surface area (Å²) < 4.78 is 0. The van der Waals surface area contributed by atoms with Crippen LogP contribution in [0.25, 0.3) is 0 Å². The molecule has 7 nitrogen and oxygen atoms in total. The molecule has 8 heteroatoms. The van der Waals surface area contributed by atoms with E-state index >= 15 is 0 Å². The number of hydrogen-bond acceptors (Lipinski definition) is 6. The fourth-order valence-electron chi connectivity index (χ4n) is 3.95. The number of aromatic amines is 1. The van der Waals surface area contributed by atoms with E-state index in [0.29, 0.717) is 19.6 Å². The number of H-pyrrole nitrogens is 1. The van der Waals surface area contributed by atoms with Gasteiger partial charge in [-0.1, -0.05) is 12.1 Å². The highest BCUT2D eigenvalue weighted by molar-refractivity contribution is 7.07. The fraction of sp³-hybridized carbons (Fsp3) is 0.348. The van der Waals surface area contributed by atoms with Crippen LogP contribution in [0.4, 0.5) is 5.69 Å². The molecule has 0 radical (unpaired) electrons. The highest BCUT2D eigenvalue weighted by atomic mass is 32.1. The molecule has 0 saturated carbocycles. The van der Waals surface area contributed by atoms with Crippen molar-refractivity contribution in [2.24, 2.45) is 0 Å². The number of carbonyl (C=O) groups is 1. The molecule has 1 aliphatic heterocycles. The lowest BCUT2D eigenvalue weighted by Gasteiger charge is -2.27. The highest BCUT2D eigenvalue weighted by Gasteiger charge is 2.15. The topological polar surface area (TPSA) is 81.3 Å². The number of nitrogens with zero attached hydrogens (tertiary/aromatic N) is 3. The van der Waals surface area contributed by atoms with E-state index in [2.05, 4.69) is 44.3 Å². The molecular weight excluding hydrogens is 410 g/mol. The zero-order valence-corrected chi connectivity index (χ0v) is 18.7. The Morgan fingerprint density at radius 2 is 2.16 bits per heavy atom. The Kier molecular flexibility index (Phi) is 6.48. The Morgan fingerprint density at radius 1 is 1.29 bits per heavy atom. The molecule has 1 amide bonds. The lowest BCUT2D eigenvalue weighted by Crippen LogP contribution is -2.30. The van der Waals surface area contributed by atoms with Crippen LogP contribution in [0.5, 0.6) is 0 Å². The molecule has 31 heavy (non-hydrogen) atoms. The monoisotopic (exact) mass is 437 g/mol. The second kappa shape index (κ2) is 9.45. The van der Waals surface area contributed by atoms with Crippen LogP contribution in [-0.4, -0.2) is 41.4 Å². The number of thiazole rings is 1. The molecule has 0 spiro atoms. The van der Waals surface area contributed by atoms with Gasteiger partial charge in [0.15, 0.2) is 0 Å². The van der Waals surface area contributed by atoms with Gasteiger partial charge in [-0.3, -0.25) is 14.5 Å². The predicted molar refractivity (Wildman–Crippen MR) is 124 cm³/mol. The first kappa shape index (κ1) is 21.3. The zero-order chi connectivity index (χ0) is 21.8. The van der Waals surface area contributed by atoms with Crippen molar-refractivity contribution < 1.29 is 4.79 Å². The minimum atomic E-state index is -0.371. The molecular formula is C23H27N5O2S. The molecule has 1 aromatic carbocycles. The number of benzene rings is 1. The third-order valence-electron chi connectivity index (χ3n) is 5.52. The summed E-state index contributed by atoms with van der Waals surface area (Å²) in [5.41, 5.74) is 6.93. The molecule has 3 heterocycles. The Balaban J connectivity index is 1.36. The van der Waals surface area contributed by atoms with Gasteiger partial charge in [-0.2, -0.15) is 0 Å². The maximum atomic E-state index is 12.6. The van der Waals surface area contributed by atoms with Crippen molar-refractivity contribution in [3.05, 3.63) is 79.7 Å². The summed E-state index contributed by atoms with van der Waals surface area (Å²) in [7, 11) is 4.07. The lowest BCUT2D eigenvalue weighted by atomic mass is 9.99. The third kappa shape index (κ3) is 5.21. The average molecular weight is 438 g/mol. The van der Waals surface area contributed by atoms with Gasteiger partial charge in [-0.05, 0) is 49.2 Å². The van der Waals surface area contributed by atoms with Gasteiger partial charge in [0, 0.05) is 50.0 Å². The quantitative estimate of drug-likeness (QED) is 0.594. The Morgan fingerprint density at radius 3 is 2.94 bits per heavy atom. The van der Waals surface area contributed by atoms with E-state index < -0.39 is 0 Å². The first-order chi connectivity index (χ1) is 15.0. The van der Waals surface area contributed by atoms with E-state index in [4.69, 9.17) is 0 Å². The van der Waals surface area contributed by atoms with Crippen LogP contribution in [0.1, 0.15) is 39.3 Å². The predicted octanol–water partition coefficient (Wildman–Crippen LogP) is 2.78. The van der Waals surface area contributed by atoms with Gasteiger partial charge in [0.25, 0.3) is 11.5 Å². The first-order valence-electron chi connectivity index (χ1n) is 10.4. The number of rotatable bonds is 7. The number of hydrogen-bond donors (Lipinski definition) is 2. The molecule has 0 atom stereocenters. The lowest BCUT2D eigenvalue weighted by molar-refractivity contribution is 0.0949. The molecule has 0 bridgehead atoms. The Hall–Kier alpha value is -2.97. The van der Waals surface area contributed by atoms with E-state index in [0.717, 1.165) is 36.3 Å². The minimum Gasteiger partial charge on any atom is -0.374 e. The molecule has 0 fully saturated rings. The standard InChI is InChI=1S/C23H27N5O2S/c1-27(13-19-14-31-15-25-19)12-18-6-7-20(23(30)26-18)22(29)24-11-16-5-8-21-17(10-16)4-3-9-28(21)2/h5-8,10,14-15H,3-4,9,11-13H2,1-2H3,(H,24,29)(H,26,30). The van der Waals surface area contributed by atoms with Crippen molar-refractivity contribution in [3.8, 4) is 0 Å². The molecule has 1 aliphatic rings. The van der Waals surface area contributed by atoms with Crippen molar-refractivity contribution in [1.82, 2.24) is 20.2 Å². The van der Waals surface area contributed by atoms with Gasteiger partial charge in [0.1, 0.15) is 5.56 Å². The molecule has 3 aromatic rings. The van der Waals surface area contributed by atoms with Crippen molar-refractivity contribution in [3.63, 3.8) is 0 Å². The minimum absolute atomic E-state index is 0.128. The summed E-state index contributed by atoms with van der Waals surface area (Å²) in [6, 6.07) is 9.69. The number of anilines is 1. The van der Waals surface area contributed by atoms with Gasteiger partial charge in [0.05, 0.1) is 11.2 Å². The van der Waals surface area contributed by atoms with E-state index in [1.165, 1.54) is 11.3 Å². The maximum Gasteiger partial charge on any atom is 0.261 e. The third-order valence-corrected chi connectivity index (χ3v) is 6.15. The van der Waals surface area contributed by atoms with Crippen molar-refractivity contribution in [2.75, 3.05) is 25.5 Å². The number of fused-ring (bicyclic) bond motifs is 1. The largest absolute Gasteiger partial charge is 0.374 e. The molecule has 0 saturated heterocycles. The summed E-state index contributed by atoms with van der Waals surface area (Å²) in [5, 5.41) is 4.88. The summed E-state index contributed by atoms with van der Waals surface area (Å²) in [6.07, 6.45) is 2.19. The Bertz CT molecular complexity index is 1110. The number of aryl methyl sites for hydroxylation is 1. The van der Waals surface area contributed by atoms with Gasteiger partial charge in [-0.25, -0.2) is 4.98 Å². The molecule has 2 aromatic heterocycles. The van der Waals surface area contributed by atoms with Crippen LogP contribution < -0.4 is 15.8 Å². The van der Waals surface area contributed by atoms with Crippen molar-refractivity contribution >= 4 is 22.9 Å². The molecule has 0 unspecified atom stereocenters. The van der Waals surface area contributed by atoms with E-state index in [1.807, 2.05) is 18.5 Å². The average Bonchev–Trinajstić information content (AvgIpc) is 3.25. The summed E-state index contributed by atoms with van der Waals surface area (Å²) >= 11 is 1.56. The van der Waals surface area contributed by atoms with Crippen molar-refractivity contribution in [2.45, 2.75) is 32.5 Å². The van der Waals surface area contributed by atoms with Gasteiger partial charge in [-0.15, -0.1) is 11.3 Å². The van der Waals surface area contributed by atoms with Gasteiger partial charge < -0.3 is 15.2 Å². The summed E-state index contributed by atoms with van der Waals surface area (Å²) in [5.74, 6) is -0.363. The van der Waals surface area contributed by atoms with Gasteiger partial charge in [0.2, 0.25) is 0 Å². The Labute approximate surface area is 185 Å². The van der Waals surface area contributed by atoms with Crippen LogP contribution >= 0.6 is 11.3 Å². The highest BCUT2D eigenvalue weighted by Crippen LogP contribution is 2.26. The van der Waals surface area contributed by atoms with Crippen LogP contribution in [0.3, 0.4) is 0 Å². The van der Waals surface area contributed by atoms with E-state index in [1.54, 1.807) is 29.0 Å². The van der Waals surface area contributed by atoms with Crippen molar-refractivity contribution in [1.29, 1.82) is 0 Å². The first-order valence-corrected chi connectivity index (χ1v) is 11.3. The number of nitrogens with one attached hydrogen (secondary N) is 2. The number of carbonyl (C=O) groups excluding carboxylic acids is 1. The van der Waals surface area contributed by atoms with Crippen LogP contribution in [-0.2, 0) is 26.1 Å². The number of amides is 1. The number of aromatic nitrogens is 2. The molecule has 4 rings (SSSR count). The SMILES string of the molecule is CN(Cc1cscn1)Cc1ccc(C(=O)NCc2ccc3c(c2)CCCN3C)c(=O)[nH]1. The normalized spacial score (nSPS) is 13.3. The second-order valence-corrected chi connectivity index (χ2v) is 8.77. The summed E-state index contributed by atoms with van der Waals surface area (Å²) in [4.78, 5) is 36.5.